The van der Waals surface area contributed by atoms with Gasteiger partial charge in [-0.05, 0) is 80.9 Å². The molecule has 0 radical (unpaired) electrons. The van der Waals surface area contributed by atoms with Gasteiger partial charge in [-0.1, -0.05) is 29.5 Å². The third-order valence-corrected chi connectivity index (χ3v) is 8.50. The van der Waals surface area contributed by atoms with E-state index in [1.165, 1.54) is 10.6 Å². The number of benzene rings is 2. The Hall–Kier alpha value is -4.62. The molecule has 0 fully saturated rings. The largest absolute Gasteiger partial charge is 0.497 e. The molecule has 2 aromatic heterocycles. The number of allylic oxidation sites excluding steroid dienone is 1. The van der Waals surface area contributed by atoms with Crippen molar-refractivity contribution in [1.29, 1.82) is 0 Å². The fraction of sp³-hybridized carbons (Fsp3) is 0.233. The van der Waals surface area contributed by atoms with Crippen LogP contribution in [0.4, 0.5) is 5.69 Å². The van der Waals surface area contributed by atoms with E-state index in [0.717, 1.165) is 34.5 Å². The number of rotatable bonds is 8. The summed E-state index contributed by atoms with van der Waals surface area (Å²) >= 11 is 2.24. The molecular weight excluding hydrogens is 590 g/mol. The van der Waals surface area contributed by atoms with Gasteiger partial charge in [0.2, 0.25) is 0 Å². The van der Waals surface area contributed by atoms with Crippen molar-refractivity contribution in [2.24, 2.45) is 4.99 Å². The van der Waals surface area contributed by atoms with Gasteiger partial charge in [-0.3, -0.25) is 19.5 Å². The number of carbonyl (C=O) groups is 1. The van der Waals surface area contributed by atoms with E-state index >= 15 is 0 Å². The second-order valence-corrected chi connectivity index (χ2v) is 11.6. The van der Waals surface area contributed by atoms with Crippen LogP contribution in [0.5, 0.6) is 5.75 Å². The number of hydrogen-bond donors (Lipinski definition) is 0. The number of thiazole rings is 1. The highest BCUT2D eigenvalue weighted by molar-refractivity contribution is 7.99. The molecule has 0 aliphatic carbocycles. The Labute approximate surface area is 254 Å². The standard InChI is InChI=1S/C30H27N5O6S2/c1-6-41-28(37)25-18(4)33-30-34(26(25)20-8-10-21(40-5)11-9-20)27(36)24(43-30)15-19-7-12-23(22(14-19)35(38)39)42-29-31-16(2)13-17(3)32-29/h7-15,26H,6H2,1-5H3/b24-15+/t26-/m1/s1. The number of aryl methyl sites for hydroxylation is 2. The summed E-state index contributed by atoms with van der Waals surface area (Å²) in [6.45, 7) is 7.26. The van der Waals surface area contributed by atoms with Gasteiger partial charge in [-0.25, -0.2) is 19.8 Å². The van der Waals surface area contributed by atoms with E-state index in [0.29, 0.717) is 42.0 Å². The first-order valence-corrected chi connectivity index (χ1v) is 14.8. The fourth-order valence-corrected chi connectivity index (χ4v) is 6.73. The Morgan fingerprint density at radius 1 is 1.12 bits per heavy atom. The number of carbonyl (C=O) groups excluding carboxylic acids is 1. The SMILES string of the molecule is CCOC(=O)C1=C(C)N=c2s/c(=C/c3ccc(Sc4nc(C)cc(C)n4)c([N+](=O)[O-])c3)c(=O)n2[C@@H]1c1ccc(OC)cc1. The molecule has 220 valence electrons. The Bertz CT molecular complexity index is 1940. The van der Waals surface area contributed by atoms with Crippen LogP contribution in [0.1, 0.15) is 42.4 Å². The Morgan fingerprint density at radius 2 is 1.81 bits per heavy atom. The van der Waals surface area contributed by atoms with Crippen LogP contribution in [-0.2, 0) is 9.53 Å². The minimum atomic E-state index is -0.783. The molecule has 43 heavy (non-hydrogen) atoms. The Kier molecular flexibility index (Phi) is 8.55. The monoisotopic (exact) mass is 617 g/mol. The van der Waals surface area contributed by atoms with Gasteiger partial charge < -0.3 is 9.47 Å². The van der Waals surface area contributed by atoms with Gasteiger partial charge >= 0.3 is 5.97 Å². The molecule has 5 rings (SSSR count). The van der Waals surface area contributed by atoms with Crippen LogP contribution in [0.25, 0.3) is 6.08 Å². The zero-order valence-corrected chi connectivity index (χ0v) is 25.6. The van der Waals surface area contributed by atoms with Gasteiger partial charge in [0.25, 0.3) is 11.2 Å². The first-order chi connectivity index (χ1) is 20.6. The van der Waals surface area contributed by atoms with Crippen LogP contribution in [0.15, 0.2) is 79.6 Å². The number of nitro benzene ring substituents is 1. The molecule has 11 nitrogen and oxygen atoms in total. The van der Waals surface area contributed by atoms with Gasteiger partial charge in [-0.15, -0.1) is 0 Å². The summed E-state index contributed by atoms with van der Waals surface area (Å²) < 4.78 is 12.4. The number of esters is 1. The summed E-state index contributed by atoms with van der Waals surface area (Å²) in [6.07, 6.45) is 1.59. The van der Waals surface area contributed by atoms with Crippen LogP contribution in [-0.4, -0.2) is 39.1 Å². The van der Waals surface area contributed by atoms with Crippen molar-refractivity contribution in [3.8, 4) is 5.75 Å². The lowest BCUT2D eigenvalue weighted by molar-refractivity contribution is -0.387. The molecule has 0 saturated heterocycles. The van der Waals surface area contributed by atoms with Gasteiger partial charge in [0, 0.05) is 17.5 Å². The minimum absolute atomic E-state index is 0.133. The molecule has 0 bridgehead atoms. The maximum atomic E-state index is 13.9. The molecule has 0 spiro atoms. The van der Waals surface area contributed by atoms with Crippen molar-refractivity contribution < 1.29 is 19.2 Å². The number of nitrogens with zero attached hydrogens (tertiary/aromatic N) is 5. The van der Waals surface area contributed by atoms with Gasteiger partial charge in [0.15, 0.2) is 9.96 Å². The van der Waals surface area contributed by atoms with Crippen molar-refractivity contribution >= 4 is 40.8 Å². The van der Waals surface area contributed by atoms with Crippen LogP contribution in [0, 0.1) is 24.0 Å². The minimum Gasteiger partial charge on any atom is -0.497 e. The van der Waals surface area contributed by atoms with Crippen molar-refractivity contribution in [3.63, 3.8) is 0 Å². The molecule has 0 unspecified atom stereocenters. The molecular formula is C30H27N5O6S2. The van der Waals surface area contributed by atoms with E-state index in [1.807, 2.05) is 19.9 Å². The fourth-order valence-electron chi connectivity index (χ4n) is 4.74. The maximum absolute atomic E-state index is 13.9. The number of hydrogen-bond acceptors (Lipinski definition) is 11. The molecule has 1 aliphatic heterocycles. The third kappa shape index (κ3) is 6.13. The molecule has 1 atom stereocenters. The van der Waals surface area contributed by atoms with Gasteiger partial charge in [-0.2, -0.15) is 0 Å². The highest BCUT2D eigenvalue weighted by Crippen LogP contribution is 2.34. The smallest absolute Gasteiger partial charge is 0.338 e. The Balaban J connectivity index is 1.61. The predicted molar refractivity (Wildman–Crippen MR) is 162 cm³/mol. The van der Waals surface area contributed by atoms with Crippen LogP contribution < -0.4 is 19.6 Å². The number of nitro groups is 1. The van der Waals surface area contributed by atoms with Gasteiger partial charge in [0.1, 0.15) is 5.75 Å². The average Bonchev–Trinajstić information content (AvgIpc) is 3.26. The summed E-state index contributed by atoms with van der Waals surface area (Å²) in [4.78, 5) is 52.6. The van der Waals surface area contributed by atoms with Crippen LogP contribution in [0.2, 0.25) is 0 Å². The van der Waals surface area contributed by atoms with E-state index < -0.39 is 16.9 Å². The molecule has 3 heterocycles. The summed E-state index contributed by atoms with van der Waals surface area (Å²) in [6, 6.07) is 12.9. The molecule has 0 N–H and O–H groups in total. The molecule has 0 saturated carbocycles. The van der Waals surface area contributed by atoms with E-state index in [-0.39, 0.29) is 23.4 Å². The normalized spacial score (nSPS) is 14.7. The molecule has 1 aliphatic rings. The first kappa shape index (κ1) is 29.9. The second-order valence-electron chi connectivity index (χ2n) is 9.60. The summed E-state index contributed by atoms with van der Waals surface area (Å²) in [5.41, 5.74) is 2.85. The van der Waals surface area contributed by atoms with Crippen LogP contribution >= 0.6 is 23.1 Å². The van der Waals surface area contributed by atoms with Crippen molar-refractivity contribution in [1.82, 2.24) is 14.5 Å². The summed E-state index contributed by atoms with van der Waals surface area (Å²) in [7, 11) is 1.55. The van der Waals surface area contributed by atoms with E-state index in [1.54, 1.807) is 63.4 Å². The molecule has 13 heteroatoms. The molecule has 0 amide bonds. The lowest BCUT2D eigenvalue weighted by Gasteiger charge is -2.24. The van der Waals surface area contributed by atoms with Crippen molar-refractivity contribution in [2.45, 2.75) is 43.8 Å². The van der Waals surface area contributed by atoms with E-state index in [4.69, 9.17) is 9.47 Å². The van der Waals surface area contributed by atoms with E-state index in [9.17, 15) is 19.7 Å². The third-order valence-electron chi connectivity index (χ3n) is 6.59. The Morgan fingerprint density at radius 3 is 2.44 bits per heavy atom. The zero-order valence-electron chi connectivity index (χ0n) is 24.0. The van der Waals surface area contributed by atoms with Crippen molar-refractivity contribution in [3.05, 3.63) is 112 Å². The van der Waals surface area contributed by atoms with Crippen LogP contribution in [0.3, 0.4) is 0 Å². The summed E-state index contributed by atoms with van der Waals surface area (Å²) in [5, 5.41) is 12.4. The molecule has 4 aromatic rings. The lowest BCUT2D eigenvalue weighted by atomic mass is 9.96. The summed E-state index contributed by atoms with van der Waals surface area (Å²) in [5.74, 6) is 0.0668. The molecule has 2 aromatic carbocycles. The quantitative estimate of drug-likeness (QED) is 0.123. The predicted octanol–water partition coefficient (Wildman–Crippen LogP) is 4.27. The number of aromatic nitrogens is 3. The highest BCUT2D eigenvalue weighted by atomic mass is 32.2. The maximum Gasteiger partial charge on any atom is 0.338 e. The zero-order chi connectivity index (χ0) is 30.8. The number of ether oxygens (including phenoxy) is 2. The second kappa shape index (κ2) is 12.3. The first-order valence-electron chi connectivity index (χ1n) is 13.2. The van der Waals surface area contributed by atoms with Gasteiger partial charge in [0.05, 0.1) is 45.4 Å². The number of methoxy groups -OCH3 is 1. The average molecular weight is 618 g/mol. The van der Waals surface area contributed by atoms with Crippen molar-refractivity contribution in [2.75, 3.05) is 13.7 Å². The highest BCUT2D eigenvalue weighted by Gasteiger charge is 2.33. The van der Waals surface area contributed by atoms with E-state index in [2.05, 4.69) is 15.0 Å². The lowest BCUT2D eigenvalue weighted by Crippen LogP contribution is -2.39. The topological polar surface area (TPSA) is 139 Å². The number of fused-ring (bicyclic) bond motifs is 1.